The average Bonchev–Trinajstić information content (AvgIpc) is 2.42. The van der Waals surface area contributed by atoms with Gasteiger partial charge in [0.05, 0.1) is 4.92 Å². The molecule has 0 fully saturated rings. The minimum atomic E-state index is -1.40. The Kier molecular flexibility index (Phi) is 4.18. The summed E-state index contributed by atoms with van der Waals surface area (Å²) in [6.45, 7) is 0. The van der Waals surface area contributed by atoms with E-state index in [1.807, 2.05) is 0 Å². The third-order valence-electron chi connectivity index (χ3n) is 2.51. The predicted octanol–water partition coefficient (Wildman–Crippen LogP) is 3.99. The standard InChI is InChI=1S/C13H7BrFNO5/c14-7-1-3-12(10(5-7)16(19)20)21-11-4-2-8(15)6-9(11)13(17)18/h1-6H,(H,17,18). The fourth-order valence-electron chi connectivity index (χ4n) is 1.60. The number of benzene rings is 2. The summed E-state index contributed by atoms with van der Waals surface area (Å²) >= 11 is 3.09. The highest BCUT2D eigenvalue weighted by Gasteiger charge is 2.19. The fourth-order valence-corrected chi connectivity index (χ4v) is 1.95. The Hall–Kier alpha value is -2.48. The van der Waals surface area contributed by atoms with Crippen molar-refractivity contribution in [3.05, 3.63) is 62.4 Å². The van der Waals surface area contributed by atoms with E-state index in [0.29, 0.717) is 4.47 Å². The number of nitro groups is 1. The summed E-state index contributed by atoms with van der Waals surface area (Å²) in [4.78, 5) is 21.4. The monoisotopic (exact) mass is 355 g/mol. The number of halogens is 2. The summed E-state index contributed by atoms with van der Waals surface area (Å²) < 4.78 is 18.8. The van der Waals surface area contributed by atoms with Gasteiger partial charge in [-0.05, 0) is 30.3 Å². The lowest BCUT2D eigenvalue weighted by Gasteiger charge is -2.09. The molecule has 0 saturated carbocycles. The van der Waals surface area contributed by atoms with Crippen LogP contribution >= 0.6 is 15.9 Å². The molecule has 0 heterocycles. The summed E-state index contributed by atoms with van der Waals surface area (Å²) in [5.74, 6) is -2.47. The first-order chi connectivity index (χ1) is 9.88. The number of hydrogen-bond donors (Lipinski definition) is 1. The average molecular weight is 356 g/mol. The smallest absolute Gasteiger partial charge is 0.339 e. The zero-order valence-corrected chi connectivity index (χ0v) is 11.8. The van der Waals surface area contributed by atoms with E-state index in [0.717, 1.165) is 18.2 Å². The van der Waals surface area contributed by atoms with Gasteiger partial charge < -0.3 is 9.84 Å². The first-order valence-corrected chi connectivity index (χ1v) is 6.32. The maximum atomic E-state index is 13.1. The molecule has 0 saturated heterocycles. The van der Waals surface area contributed by atoms with Crippen molar-refractivity contribution in [1.82, 2.24) is 0 Å². The van der Waals surface area contributed by atoms with Crippen LogP contribution in [0.25, 0.3) is 0 Å². The first kappa shape index (κ1) is 14.9. The van der Waals surface area contributed by atoms with Crippen molar-refractivity contribution in [1.29, 1.82) is 0 Å². The molecule has 8 heteroatoms. The van der Waals surface area contributed by atoms with Crippen LogP contribution in [0.2, 0.25) is 0 Å². The predicted molar refractivity (Wildman–Crippen MR) is 74.2 cm³/mol. The van der Waals surface area contributed by atoms with Crippen molar-refractivity contribution >= 4 is 27.6 Å². The number of nitro benzene ring substituents is 1. The summed E-state index contributed by atoms with van der Waals surface area (Å²) in [7, 11) is 0. The fraction of sp³-hybridized carbons (Fsp3) is 0. The summed E-state index contributed by atoms with van der Waals surface area (Å²) in [5, 5.41) is 20.0. The van der Waals surface area contributed by atoms with E-state index < -0.39 is 22.3 Å². The Balaban J connectivity index is 2.48. The molecule has 108 valence electrons. The van der Waals surface area contributed by atoms with Gasteiger partial charge >= 0.3 is 11.7 Å². The quantitative estimate of drug-likeness (QED) is 0.661. The zero-order chi connectivity index (χ0) is 15.6. The van der Waals surface area contributed by atoms with Crippen LogP contribution in [0.3, 0.4) is 0 Å². The van der Waals surface area contributed by atoms with Crippen LogP contribution in [0.1, 0.15) is 10.4 Å². The molecule has 0 atom stereocenters. The molecule has 2 aromatic carbocycles. The Morgan fingerprint density at radius 3 is 2.52 bits per heavy atom. The van der Waals surface area contributed by atoms with Crippen molar-refractivity contribution in [3.8, 4) is 11.5 Å². The molecule has 0 aliphatic heterocycles. The maximum absolute atomic E-state index is 13.1. The van der Waals surface area contributed by atoms with Gasteiger partial charge in [-0.1, -0.05) is 15.9 Å². The maximum Gasteiger partial charge on any atom is 0.339 e. The van der Waals surface area contributed by atoms with Crippen LogP contribution in [0, 0.1) is 15.9 Å². The molecule has 1 N–H and O–H groups in total. The van der Waals surface area contributed by atoms with Crippen LogP contribution in [0.5, 0.6) is 11.5 Å². The molecule has 2 rings (SSSR count). The Morgan fingerprint density at radius 1 is 1.24 bits per heavy atom. The van der Waals surface area contributed by atoms with Gasteiger partial charge in [-0.15, -0.1) is 0 Å². The Labute approximate surface area is 126 Å². The third kappa shape index (κ3) is 3.34. The molecule has 0 radical (unpaired) electrons. The van der Waals surface area contributed by atoms with Crippen LogP contribution < -0.4 is 4.74 Å². The van der Waals surface area contributed by atoms with E-state index >= 15 is 0 Å². The molecule has 0 bridgehead atoms. The molecule has 6 nitrogen and oxygen atoms in total. The number of nitrogens with zero attached hydrogens (tertiary/aromatic N) is 1. The van der Waals surface area contributed by atoms with Gasteiger partial charge in [-0.25, -0.2) is 9.18 Å². The number of aromatic carboxylic acids is 1. The molecule has 0 unspecified atom stereocenters. The van der Waals surface area contributed by atoms with Gasteiger partial charge in [0.1, 0.15) is 17.1 Å². The minimum absolute atomic E-state index is 0.141. The summed E-state index contributed by atoms with van der Waals surface area (Å²) in [6, 6.07) is 6.93. The Bertz CT molecular complexity index is 673. The van der Waals surface area contributed by atoms with Gasteiger partial charge in [0, 0.05) is 10.5 Å². The lowest BCUT2D eigenvalue weighted by molar-refractivity contribution is -0.385. The second kappa shape index (κ2) is 5.88. The number of carboxylic acid groups (broad SMARTS) is 1. The van der Waals surface area contributed by atoms with Crippen LogP contribution in [-0.4, -0.2) is 16.0 Å². The van der Waals surface area contributed by atoms with E-state index in [1.54, 1.807) is 0 Å². The van der Waals surface area contributed by atoms with Gasteiger partial charge in [0.2, 0.25) is 5.75 Å². The number of ether oxygens (including phenoxy) is 1. The van der Waals surface area contributed by atoms with Crippen molar-refractivity contribution in [2.45, 2.75) is 0 Å². The molecule has 0 spiro atoms. The highest BCUT2D eigenvalue weighted by Crippen LogP contribution is 2.35. The molecular weight excluding hydrogens is 349 g/mol. The molecule has 0 aliphatic carbocycles. The molecule has 0 aliphatic rings. The zero-order valence-electron chi connectivity index (χ0n) is 10.2. The number of hydrogen-bond acceptors (Lipinski definition) is 4. The Morgan fingerprint density at radius 2 is 1.90 bits per heavy atom. The summed E-state index contributed by atoms with van der Waals surface area (Å²) in [6.07, 6.45) is 0. The lowest BCUT2D eigenvalue weighted by Crippen LogP contribution is -2.02. The van der Waals surface area contributed by atoms with Gasteiger partial charge in [-0.2, -0.15) is 0 Å². The van der Waals surface area contributed by atoms with E-state index in [9.17, 15) is 19.3 Å². The molecular formula is C13H7BrFNO5. The second-order valence-electron chi connectivity index (χ2n) is 3.92. The van der Waals surface area contributed by atoms with Crippen molar-refractivity contribution in [2.24, 2.45) is 0 Å². The molecule has 2 aromatic rings. The van der Waals surface area contributed by atoms with Crippen LogP contribution in [-0.2, 0) is 0 Å². The van der Waals surface area contributed by atoms with Crippen LogP contribution in [0.15, 0.2) is 40.9 Å². The number of rotatable bonds is 4. The molecule has 0 aromatic heterocycles. The topological polar surface area (TPSA) is 89.7 Å². The highest BCUT2D eigenvalue weighted by molar-refractivity contribution is 9.10. The van der Waals surface area contributed by atoms with Crippen molar-refractivity contribution < 1.29 is 24.0 Å². The highest BCUT2D eigenvalue weighted by atomic mass is 79.9. The van der Waals surface area contributed by atoms with Gasteiger partial charge in [0.15, 0.2) is 0 Å². The van der Waals surface area contributed by atoms with Crippen molar-refractivity contribution in [3.63, 3.8) is 0 Å². The van der Waals surface area contributed by atoms with Crippen molar-refractivity contribution in [2.75, 3.05) is 0 Å². The van der Waals surface area contributed by atoms with E-state index in [-0.39, 0.29) is 17.2 Å². The van der Waals surface area contributed by atoms with E-state index in [2.05, 4.69) is 15.9 Å². The molecule has 21 heavy (non-hydrogen) atoms. The third-order valence-corrected chi connectivity index (χ3v) is 3.00. The largest absolute Gasteiger partial charge is 0.478 e. The van der Waals surface area contributed by atoms with Crippen LogP contribution in [0.4, 0.5) is 10.1 Å². The number of carbonyl (C=O) groups is 1. The van der Waals surface area contributed by atoms with Gasteiger partial charge in [-0.3, -0.25) is 10.1 Å². The van der Waals surface area contributed by atoms with E-state index in [4.69, 9.17) is 9.84 Å². The SMILES string of the molecule is O=C(O)c1cc(F)ccc1Oc1ccc(Br)cc1[N+](=O)[O-]. The van der Waals surface area contributed by atoms with Gasteiger partial charge in [0.25, 0.3) is 0 Å². The van der Waals surface area contributed by atoms with E-state index in [1.165, 1.54) is 18.2 Å². The second-order valence-corrected chi connectivity index (χ2v) is 4.83. The summed E-state index contributed by atoms with van der Waals surface area (Å²) in [5.41, 5.74) is -0.766. The first-order valence-electron chi connectivity index (χ1n) is 5.53. The normalized spacial score (nSPS) is 10.2. The minimum Gasteiger partial charge on any atom is -0.478 e. The number of carboxylic acids is 1. The molecule has 0 amide bonds. The lowest BCUT2D eigenvalue weighted by atomic mass is 10.2.